The van der Waals surface area contributed by atoms with Gasteiger partial charge in [-0.2, -0.15) is 5.26 Å². The second-order valence-electron chi connectivity index (χ2n) is 7.45. The van der Waals surface area contributed by atoms with Crippen LogP contribution in [0.2, 0.25) is 0 Å². The van der Waals surface area contributed by atoms with E-state index >= 15 is 0 Å². The SMILES string of the molecule is CCCCCN1C(=O)/C(=C/c2c(C)c(C#N)c(=O)n(C)c2N2CCCC2)SC1=S. The van der Waals surface area contributed by atoms with E-state index in [9.17, 15) is 14.9 Å². The first-order valence-electron chi connectivity index (χ1n) is 10.0. The van der Waals surface area contributed by atoms with Gasteiger partial charge in [-0.3, -0.25) is 19.1 Å². The summed E-state index contributed by atoms with van der Waals surface area (Å²) in [6.07, 6.45) is 7.01. The normalized spacial score (nSPS) is 18.2. The fourth-order valence-electron chi connectivity index (χ4n) is 3.87. The van der Waals surface area contributed by atoms with Crippen molar-refractivity contribution in [3.63, 3.8) is 0 Å². The average Bonchev–Trinajstić information content (AvgIpc) is 3.31. The second kappa shape index (κ2) is 9.14. The highest BCUT2D eigenvalue weighted by Crippen LogP contribution is 2.36. The molecular weight excluding hydrogens is 404 g/mol. The minimum atomic E-state index is -0.295. The van der Waals surface area contributed by atoms with Crippen molar-refractivity contribution < 1.29 is 4.79 Å². The van der Waals surface area contributed by atoms with Gasteiger partial charge in [-0.15, -0.1) is 0 Å². The highest BCUT2D eigenvalue weighted by molar-refractivity contribution is 8.26. The van der Waals surface area contributed by atoms with E-state index in [2.05, 4.69) is 11.8 Å². The molecule has 3 heterocycles. The summed E-state index contributed by atoms with van der Waals surface area (Å²) in [6.45, 7) is 6.26. The Morgan fingerprint density at radius 1 is 1.24 bits per heavy atom. The van der Waals surface area contributed by atoms with Gasteiger partial charge in [0.15, 0.2) is 0 Å². The van der Waals surface area contributed by atoms with E-state index < -0.39 is 0 Å². The molecule has 0 atom stereocenters. The van der Waals surface area contributed by atoms with Crippen LogP contribution in [-0.4, -0.2) is 39.3 Å². The quantitative estimate of drug-likeness (QED) is 0.390. The molecule has 8 heteroatoms. The first-order valence-corrected chi connectivity index (χ1v) is 11.3. The molecule has 29 heavy (non-hydrogen) atoms. The number of nitrogens with zero attached hydrogens (tertiary/aromatic N) is 4. The Morgan fingerprint density at radius 3 is 2.55 bits per heavy atom. The van der Waals surface area contributed by atoms with Gasteiger partial charge < -0.3 is 4.90 Å². The summed E-state index contributed by atoms with van der Waals surface area (Å²) < 4.78 is 2.12. The molecule has 0 N–H and O–H groups in total. The number of nitriles is 1. The largest absolute Gasteiger partial charge is 0.357 e. The van der Waals surface area contributed by atoms with Crippen LogP contribution in [0.15, 0.2) is 9.70 Å². The number of carbonyl (C=O) groups is 1. The summed E-state index contributed by atoms with van der Waals surface area (Å²) in [6, 6.07) is 2.04. The van der Waals surface area contributed by atoms with Gasteiger partial charge in [0.05, 0.1) is 4.91 Å². The van der Waals surface area contributed by atoms with E-state index in [1.165, 1.54) is 11.8 Å². The average molecular weight is 431 g/mol. The van der Waals surface area contributed by atoms with Crippen molar-refractivity contribution in [1.82, 2.24) is 9.47 Å². The number of unbranched alkanes of at least 4 members (excludes halogenated alkanes) is 2. The van der Waals surface area contributed by atoms with E-state index in [1.807, 2.05) is 12.1 Å². The van der Waals surface area contributed by atoms with E-state index in [4.69, 9.17) is 12.2 Å². The van der Waals surface area contributed by atoms with Gasteiger partial charge in [0.1, 0.15) is 21.8 Å². The number of carbonyl (C=O) groups excluding carboxylic acids is 1. The zero-order valence-corrected chi connectivity index (χ0v) is 18.8. The predicted octanol–water partition coefficient (Wildman–Crippen LogP) is 3.56. The number of anilines is 1. The first kappa shape index (κ1) is 21.6. The van der Waals surface area contributed by atoms with Gasteiger partial charge in [0, 0.05) is 32.2 Å². The topological polar surface area (TPSA) is 69.3 Å². The van der Waals surface area contributed by atoms with Crippen molar-refractivity contribution in [3.05, 3.63) is 31.9 Å². The molecule has 0 saturated carbocycles. The minimum absolute atomic E-state index is 0.0877. The Kier molecular flexibility index (Phi) is 6.81. The Morgan fingerprint density at radius 2 is 1.93 bits per heavy atom. The Labute approximate surface area is 181 Å². The van der Waals surface area contributed by atoms with Gasteiger partial charge in [-0.25, -0.2) is 0 Å². The van der Waals surface area contributed by atoms with E-state index in [0.29, 0.717) is 21.3 Å². The maximum Gasteiger partial charge on any atom is 0.270 e. The monoisotopic (exact) mass is 430 g/mol. The number of hydrogen-bond acceptors (Lipinski definition) is 6. The highest BCUT2D eigenvalue weighted by atomic mass is 32.2. The van der Waals surface area contributed by atoms with Crippen LogP contribution < -0.4 is 10.5 Å². The highest BCUT2D eigenvalue weighted by Gasteiger charge is 2.33. The lowest BCUT2D eigenvalue weighted by Crippen LogP contribution is -2.31. The standard InChI is InChI=1S/C21H26N4O2S2/c1-4-5-6-11-25-20(27)17(29-21(25)28)12-15-14(2)16(13-22)19(26)23(3)18(15)24-9-7-8-10-24/h12H,4-11H2,1-3H3/b17-12-. The van der Waals surface area contributed by atoms with Crippen molar-refractivity contribution in [3.8, 4) is 6.07 Å². The summed E-state index contributed by atoms with van der Waals surface area (Å²) in [4.78, 5) is 30.1. The van der Waals surface area contributed by atoms with E-state index in [-0.39, 0.29) is 17.0 Å². The zero-order chi connectivity index (χ0) is 21.1. The zero-order valence-electron chi connectivity index (χ0n) is 17.2. The molecule has 2 saturated heterocycles. The summed E-state index contributed by atoms with van der Waals surface area (Å²) >= 11 is 6.74. The van der Waals surface area contributed by atoms with Crippen LogP contribution >= 0.6 is 24.0 Å². The van der Waals surface area contributed by atoms with Gasteiger partial charge in [-0.1, -0.05) is 43.7 Å². The van der Waals surface area contributed by atoms with Crippen LogP contribution in [-0.2, 0) is 11.8 Å². The van der Waals surface area contributed by atoms with Crippen molar-refractivity contribution >= 4 is 46.1 Å². The molecule has 2 aliphatic heterocycles. The van der Waals surface area contributed by atoms with Gasteiger partial charge in [0.25, 0.3) is 11.5 Å². The number of aromatic nitrogens is 1. The van der Waals surface area contributed by atoms with Gasteiger partial charge in [0.2, 0.25) is 0 Å². The summed E-state index contributed by atoms with van der Waals surface area (Å²) in [5.41, 5.74) is 1.21. The molecule has 0 unspecified atom stereocenters. The fraction of sp³-hybridized carbons (Fsp3) is 0.524. The maximum atomic E-state index is 13.0. The molecule has 2 fully saturated rings. The molecule has 1 amide bonds. The Balaban J connectivity index is 2.07. The second-order valence-corrected chi connectivity index (χ2v) is 9.12. The molecule has 0 aliphatic carbocycles. The fourth-order valence-corrected chi connectivity index (χ4v) is 5.16. The van der Waals surface area contributed by atoms with Gasteiger partial charge in [-0.05, 0) is 37.8 Å². The van der Waals surface area contributed by atoms with Crippen LogP contribution in [0.3, 0.4) is 0 Å². The summed E-state index contributed by atoms with van der Waals surface area (Å²) in [7, 11) is 1.70. The number of hydrogen-bond donors (Lipinski definition) is 0. The number of rotatable bonds is 6. The summed E-state index contributed by atoms with van der Waals surface area (Å²) in [5.74, 6) is 0.690. The van der Waals surface area contributed by atoms with Crippen LogP contribution in [0, 0.1) is 18.3 Å². The molecule has 0 spiro atoms. The number of thiocarbonyl (C=S) groups is 1. The van der Waals surface area contributed by atoms with Crippen LogP contribution in [0.25, 0.3) is 6.08 Å². The molecule has 6 nitrogen and oxygen atoms in total. The predicted molar refractivity (Wildman–Crippen MR) is 122 cm³/mol. The minimum Gasteiger partial charge on any atom is -0.357 e. The molecule has 154 valence electrons. The molecule has 3 rings (SSSR count). The molecule has 1 aromatic rings. The first-order chi connectivity index (χ1) is 13.9. The van der Waals surface area contributed by atoms with E-state index in [0.717, 1.165) is 56.6 Å². The molecule has 0 radical (unpaired) electrons. The van der Waals surface area contributed by atoms with Crippen LogP contribution in [0.5, 0.6) is 0 Å². The number of amides is 1. The third-order valence-corrected chi connectivity index (χ3v) is 6.89. The van der Waals surface area contributed by atoms with Gasteiger partial charge >= 0.3 is 0 Å². The number of pyridine rings is 1. The van der Waals surface area contributed by atoms with Crippen molar-refractivity contribution in [1.29, 1.82) is 5.26 Å². The third kappa shape index (κ3) is 4.12. The molecule has 0 aromatic carbocycles. The molecular formula is C21H26N4O2S2. The van der Waals surface area contributed by atoms with Crippen molar-refractivity contribution in [2.45, 2.75) is 46.0 Å². The smallest absolute Gasteiger partial charge is 0.270 e. The lowest BCUT2D eigenvalue weighted by atomic mass is 10.0. The Bertz CT molecular complexity index is 968. The summed E-state index contributed by atoms with van der Waals surface area (Å²) in [5, 5.41) is 9.52. The van der Waals surface area contributed by atoms with Crippen LogP contribution in [0.4, 0.5) is 5.82 Å². The van der Waals surface area contributed by atoms with Crippen LogP contribution in [0.1, 0.15) is 55.7 Å². The van der Waals surface area contributed by atoms with E-state index in [1.54, 1.807) is 23.4 Å². The molecule has 2 aliphatic rings. The maximum absolute atomic E-state index is 13.0. The molecule has 1 aromatic heterocycles. The lowest BCUT2D eigenvalue weighted by Gasteiger charge is -2.25. The lowest BCUT2D eigenvalue weighted by molar-refractivity contribution is -0.122. The van der Waals surface area contributed by atoms with Crippen molar-refractivity contribution in [2.24, 2.45) is 7.05 Å². The number of thioether (sulfide) groups is 1. The molecule has 0 bridgehead atoms. The third-order valence-electron chi connectivity index (χ3n) is 5.51. The Hall–Kier alpha value is -2.11. The van der Waals surface area contributed by atoms with Crippen molar-refractivity contribution in [2.75, 3.05) is 24.5 Å².